The second-order valence-electron chi connectivity index (χ2n) is 5.38. The van der Waals surface area contributed by atoms with E-state index in [9.17, 15) is 9.18 Å². The Bertz CT molecular complexity index is 653. The average molecular weight is 301 g/mol. The Morgan fingerprint density at radius 2 is 1.82 bits per heavy atom. The maximum atomic E-state index is 12.9. The molecule has 22 heavy (non-hydrogen) atoms. The second kappa shape index (κ2) is 7.07. The number of nitrogens with one attached hydrogen (secondary N) is 1. The zero-order valence-corrected chi connectivity index (χ0v) is 13.0. The van der Waals surface area contributed by atoms with Gasteiger partial charge in [0.2, 0.25) is 0 Å². The van der Waals surface area contributed by atoms with Gasteiger partial charge in [-0.05, 0) is 61.7 Å². The molecule has 0 spiro atoms. The minimum Gasteiger partial charge on any atom is -0.484 e. The van der Waals surface area contributed by atoms with E-state index in [0.29, 0.717) is 5.75 Å². The largest absolute Gasteiger partial charge is 0.484 e. The molecule has 3 nitrogen and oxygen atoms in total. The molecule has 4 heteroatoms. The zero-order chi connectivity index (χ0) is 16.1. The van der Waals surface area contributed by atoms with E-state index < -0.39 is 0 Å². The molecule has 2 aromatic carbocycles. The smallest absolute Gasteiger partial charge is 0.258 e. The number of benzene rings is 2. The van der Waals surface area contributed by atoms with E-state index in [0.717, 1.165) is 11.1 Å². The first-order valence-corrected chi connectivity index (χ1v) is 7.20. The van der Waals surface area contributed by atoms with Crippen LogP contribution in [0.5, 0.6) is 5.75 Å². The van der Waals surface area contributed by atoms with Crippen molar-refractivity contribution in [3.63, 3.8) is 0 Å². The Labute approximate surface area is 130 Å². The lowest BCUT2D eigenvalue weighted by atomic mass is 10.1. The van der Waals surface area contributed by atoms with E-state index in [4.69, 9.17) is 4.74 Å². The number of amides is 1. The molecular weight excluding hydrogens is 281 g/mol. The summed E-state index contributed by atoms with van der Waals surface area (Å²) in [6, 6.07) is 11.6. The van der Waals surface area contributed by atoms with Crippen molar-refractivity contribution in [2.45, 2.75) is 26.8 Å². The number of ether oxygens (including phenoxy) is 1. The molecule has 116 valence electrons. The van der Waals surface area contributed by atoms with E-state index in [-0.39, 0.29) is 24.4 Å². The summed E-state index contributed by atoms with van der Waals surface area (Å²) >= 11 is 0. The van der Waals surface area contributed by atoms with Crippen molar-refractivity contribution in [2.75, 3.05) is 6.61 Å². The Hall–Kier alpha value is -2.36. The molecule has 0 bridgehead atoms. The molecule has 0 fully saturated rings. The minimum atomic E-state index is -0.291. The lowest BCUT2D eigenvalue weighted by molar-refractivity contribution is -0.123. The Balaban J connectivity index is 1.87. The third-order valence-corrected chi connectivity index (χ3v) is 3.60. The highest BCUT2D eigenvalue weighted by atomic mass is 19.1. The van der Waals surface area contributed by atoms with Gasteiger partial charge in [0.15, 0.2) is 6.61 Å². The van der Waals surface area contributed by atoms with E-state index in [2.05, 4.69) is 5.32 Å². The third kappa shape index (κ3) is 4.32. The average Bonchev–Trinajstić information content (AvgIpc) is 2.49. The number of aryl methyl sites for hydroxylation is 2. The highest BCUT2D eigenvalue weighted by Crippen LogP contribution is 2.16. The summed E-state index contributed by atoms with van der Waals surface area (Å²) in [5.74, 6) is 0.170. The molecular formula is C18H20FNO2. The van der Waals surface area contributed by atoms with Gasteiger partial charge in [-0.3, -0.25) is 4.79 Å². The molecule has 0 aliphatic rings. The number of hydrogen-bond acceptors (Lipinski definition) is 2. The highest BCUT2D eigenvalue weighted by molar-refractivity contribution is 5.78. The quantitative estimate of drug-likeness (QED) is 0.914. The topological polar surface area (TPSA) is 38.3 Å². The first kappa shape index (κ1) is 16.0. The molecule has 2 rings (SSSR count). The third-order valence-electron chi connectivity index (χ3n) is 3.60. The predicted molar refractivity (Wildman–Crippen MR) is 84.4 cm³/mol. The van der Waals surface area contributed by atoms with Crippen LogP contribution in [0.3, 0.4) is 0 Å². The van der Waals surface area contributed by atoms with Crippen LogP contribution in [0.4, 0.5) is 4.39 Å². The molecule has 1 atom stereocenters. The molecule has 0 aromatic heterocycles. The van der Waals surface area contributed by atoms with Gasteiger partial charge in [-0.2, -0.15) is 0 Å². The fourth-order valence-corrected chi connectivity index (χ4v) is 2.07. The molecule has 0 aliphatic heterocycles. The molecule has 0 saturated carbocycles. The summed E-state index contributed by atoms with van der Waals surface area (Å²) in [4.78, 5) is 11.9. The van der Waals surface area contributed by atoms with Crippen LogP contribution in [0.2, 0.25) is 0 Å². The predicted octanol–water partition coefficient (Wildman–Crippen LogP) is 3.70. The summed E-state index contributed by atoms with van der Waals surface area (Å²) in [5.41, 5.74) is 3.15. The first-order valence-electron chi connectivity index (χ1n) is 7.20. The number of hydrogen-bond donors (Lipinski definition) is 1. The van der Waals surface area contributed by atoms with E-state index in [1.54, 1.807) is 12.1 Å². The van der Waals surface area contributed by atoms with Crippen molar-refractivity contribution in [3.05, 3.63) is 65.0 Å². The first-order chi connectivity index (χ1) is 10.5. The fraction of sp³-hybridized carbons (Fsp3) is 0.278. The molecule has 0 radical (unpaired) electrons. The monoisotopic (exact) mass is 301 g/mol. The molecule has 0 saturated heterocycles. The SMILES string of the molecule is Cc1ccc(OCC(=O)NC(C)c2ccc(F)cc2)cc1C. The number of rotatable bonds is 5. The van der Waals surface area contributed by atoms with Crippen LogP contribution in [0.1, 0.15) is 29.7 Å². The van der Waals surface area contributed by atoms with Crippen LogP contribution in [0.15, 0.2) is 42.5 Å². The molecule has 0 aliphatic carbocycles. The Kier molecular flexibility index (Phi) is 5.15. The fourth-order valence-electron chi connectivity index (χ4n) is 2.07. The van der Waals surface area contributed by atoms with Gasteiger partial charge in [-0.25, -0.2) is 4.39 Å². The van der Waals surface area contributed by atoms with Crippen LogP contribution in [0.25, 0.3) is 0 Å². The lowest BCUT2D eigenvalue weighted by Crippen LogP contribution is -2.31. The number of carbonyl (C=O) groups excluding carboxylic acids is 1. The van der Waals surface area contributed by atoms with Gasteiger partial charge in [0.25, 0.3) is 5.91 Å². The second-order valence-corrected chi connectivity index (χ2v) is 5.38. The van der Waals surface area contributed by atoms with Crippen molar-refractivity contribution in [1.29, 1.82) is 0 Å². The van der Waals surface area contributed by atoms with Gasteiger partial charge < -0.3 is 10.1 Å². The van der Waals surface area contributed by atoms with Gasteiger partial charge >= 0.3 is 0 Å². The molecule has 1 amide bonds. The number of halogens is 1. The summed E-state index contributed by atoms with van der Waals surface area (Å²) in [7, 11) is 0. The molecule has 2 aromatic rings. The molecule has 1 N–H and O–H groups in total. The normalized spacial score (nSPS) is 11.8. The van der Waals surface area contributed by atoms with Gasteiger partial charge in [0.05, 0.1) is 6.04 Å². The molecule has 1 unspecified atom stereocenters. The van der Waals surface area contributed by atoms with Crippen molar-refractivity contribution >= 4 is 5.91 Å². The standard InChI is InChI=1S/C18H20FNO2/c1-12-4-9-17(10-13(12)2)22-11-18(21)20-14(3)15-5-7-16(19)8-6-15/h4-10,14H,11H2,1-3H3,(H,20,21). The van der Waals surface area contributed by atoms with Crippen molar-refractivity contribution in [1.82, 2.24) is 5.32 Å². The summed E-state index contributed by atoms with van der Waals surface area (Å²) in [6.45, 7) is 5.82. The van der Waals surface area contributed by atoms with Gasteiger partial charge in [-0.15, -0.1) is 0 Å². The zero-order valence-electron chi connectivity index (χ0n) is 13.0. The van der Waals surface area contributed by atoms with Crippen molar-refractivity contribution in [3.8, 4) is 5.75 Å². The summed E-state index contributed by atoms with van der Waals surface area (Å²) < 4.78 is 18.4. The Morgan fingerprint density at radius 3 is 2.45 bits per heavy atom. The van der Waals surface area contributed by atoms with Crippen molar-refractivity contribution < 1.29 is 13.9 Å². The maximum absolute atomic E-state index is 12.9. The van der Waals surface area contributed by atoms with Crippen LogP contribution in [-0.2, 0) is 4.79 Å². The Morgan fingerprint density at radius 1 is 1.14 bits per heavy atom. The minimum absolute atomic E-state index is 0.0476. The van der Waals surface area contributed by atoms with Crippen LogP contribution in [0, 0.1) is 19.7 Å². The van der Waals surface area contributed by atoms with Gasteiger partial charge in [0.1, 0.15) is 11.6 Å². The molecule has 0 heterocycles. The van der Waals surface area contributed by atoms with Gasteiger partial charge in [0, 0.05) is 0 Å². The lowest BCUT2D eigenvalue weighted by Gasteiger charge is -2.15. The summed E-state index contributed by atoms with van der Waals surface area (Å²) in [5, 5.41) is 2.83. The van der Waals surface area contributed by atoms with Crippen molar-refractivity contribution in [2.24, 2.45) is 0 Å². The maximum Gasteiger partial charge on any atom is 0.258 e. The van der Waals surface area contributed by atoms with Crippen LogP contribution in [-0.4, -0.2) is 12.5 Å². The summed E-state index contributed by atoms with van der Waals surface area (Å²) in [6.07, 6.45) is 0. The van der Waals surface area contributed by atoms with E-state index >= 15 is 0 Å². The van der Waals surface area contributed by atoms with E-state index in [1.165, 1.54) is 17.7 Å². The highest BCUT2D eigenvalue weighted by Gasteiger charge is 2.10. The van der Waals surface area contributed by atoms with Crippen LogP contribution >= 0.6 is 0 Å². The van der Waals surface area contributed by atoms with Crippen LogP contribution < -0.4 is 10.1 Å². The van der Waals surface area contributed by atoms with Gasteiger partial charge in [-0.1, -0.05) is 18.2 Å². The number of carbonyl (C=O) groups is 1. The van der Waals surface area contributed by atoms with E-state index in [1.807, 2.05) is 39.0 Å².